The number of nitriles is 1. The van der Waals surface area contributed by atoms with Crippen LogP contribution in [0.2, 0.25) is 0 Å². The number of nitrogens with one attached hydrogen (secondary N) is 1. The molecule has 32 heavy (non-hydrogen) atoms. The molecule has 0 spiro atoms. The van der Waals surface area contributed by atoms with Crippen molar-refractivity contribution in [1.82, 2.24) is 0 Å². The zero-order valence-electron chi connectivity index (χ0n) is 17.7. The summed E-state index contributed by atoms with van der Waals surface area (Å²) in [4.78, 5) is 23.0. The largest absolute Gasteiger partial charge is 0.489 e. The van der Waals surface area contributed by atoms with Crippen molar-refractivity contribution in [3.8, 4) is 11.8 Å². The second kappa shape index (κ2) is 10.0. The van der Waals surface area contributed by atoms with Gasteiger partial charge in [-0.2, -0.15) is 5.26 Å². The topological polar surface area (TPSA) is 105 Å². The fraction of sp³-hybridized carbons (Fsp3) is 0.120. The van der Waals surface area contributed by atoms with Crippen LogP contribution >= 0.6 is 0 Å². The van der Waals surface area contributed by atoms with Gasteiger partial charge in [0.15, 0.2) is 0 Å². The molecule has 0 saturated heterocycles. The lowest BCUT2D eigenvalue weighted by Gasteiger charge is -2.09. The molecule has 0 aliphatic rings. The van der Waals surface area contributed by atoms with E-state index in [4.69, 9.17) is 4.74 Å². The van der Waals surface area contributed by atoms with Crippen LogP contribution in [0.1, 0.15) is 22.3 Å². The predicted octanol–water partition coefficient (Wildman–Crippen LogP) is 5.34. The van der Waals surface area contributed by atoms with Crippen LogP contribution in [0.25, 0.3) is 6.08 Å². The number of non-ortho nitro benzene ring substituents is 1. The van der Waals surface area contributed by atoms with Gasteiger partial charge < -0.3 is 10.1 Å². The molecular formula is C25H21N3O4. The lowest BCUT2D eigenvalue weighted by atomic mass is 10.1. The number of nitrogens with zero attached hydrogens (tertiary/aromatic N) is 2. The second-order valence-corrected chi connectivity index (χ2v) is 7.23. The summed E-state index contributed by atoms with van der Waals surface area (Å²) in [5.41, 5.74) is 3.46. The van der Waals surface area contributed by atoms with Crippen molar-refractivity contribution in [3.63, 3.8) is 0 Å². The van der Waals surface area contributed by atoms with Crippen molar-refractivity contribution in [2.75, 3.05) is 5.32 Å². The number of rotatable bonds is 7. The van der Waals surface area contributed by atoms with Crippen molar-refractivity contribution in [1.29, 1.82) is 5.26 Å². The van der Waals surface area contributed by atoms with E-state index in [9.17, 15) is 20.2 Å². The van der Waals surface area contributed by atoms with E-state index in [2.05, 4.69) is 5.32 Å². The van der Waals surface area contributed by atoms with Crippen molar-refractivity contribution in [2.24, 2.45) is 0 Å². The number of benzene rings is 3. The summed E-state index contributed by atoms with van der Waals surface area (Å²) in [5.74, 6) is -0.0476. The molecule has 0 saturated carbocycles. The van der Waals surface area contributed by atoms with Gasteiger partial charge in [0, 0.05) is 12.1 Å². The van der Waals surface area contributed by atoms with Crippen LogP contribution in [0.5, 0.6) is 5.75 Å². The van der Waals surface area contributed by atoms with Crippen LogP contribution in [0, 0.1) is 35.3 Å². The van der Waals surface area contributed by atoms with Gasteiger partial charge in [0.2, 0.25) is 0 Å². The lowest BCUT2D eigenvalue weighted by molar-refractivity contribution is -0.384. The molecule has 0 heterocycles. The van der Waals surface area contributed by atoms with E-state index in [1.54, 1.807) is 37.3 Å². The molecule has 0 bridgehead atoms. The average molecular weight is 427 g/mol. The Morgan fingerprint density at radius 3 is 2.56 bits per heavy atom. The normalized spacial score (nSPS) is 10.8. The summed E-state index contributed by atoms with van der Waals surface area (Å²) >= 11 is 0. The Labute approximate surface area is 185 Å². The van der Waals surface area contributed by atoms with E-state index in [-0.39, 0.29) is 16.9 Å². The standard InChI is InChI=1S/C25H21N3O4/c1-17-6-9-19(10-7-17)16-32-23-5-3-4-20(13-23)12-21(15-26)25(29)27-24-14-22(28(30)31)11-8-18(24)2/h3-14H,16H2,1-2H3,(H,27,29)/b21-12+. The molecule has 3 rings (SSSR count). The third-order valence-electron chi connectivity index (χ3n) is 4.74. The van der Waals surface area contributed by atoms with E-state index in [0.29, 0.717) is 23.5 Å². The number of anilines is 1. The monoisotopic (exact) mass is 427 g/mol. The minimum Gasteiger partial charge on any atom is -0.489 e. The third-order valence-corrected chi connectivity index (χ3v) is 4.74. The highest BCUT2D eigenvalue weighted by molar-refractivity contribution is 6.10. The van der Waals surface area contributed by atoms with Gasteiger partial charge in [-0.3, -0.25) is 14.9 Å². The Bertz CT molecular complexity index is 1220. The van der Waals surface area contributed by atoms with E-state index < -0.39 is 10.8 Å². The molecule has 0 aliphatic carbocycles. The molecule has 3 aromatic carbocycles. The molecular weight excluding hydrogens is 406 g/mol. The van der Waals surface area contributed by atoms with Gasteiger partial charge in [-0.05, 0) is 48.7 Å². The molecule has 0 radical (unpaired) electrons. The fourth-order valence-electron chi connectivity index (χ4n) is 2.91. The summed E-state index contributed by atoms with van der Waals surface area (Å²) in [5, 5.41) is 23.0. The number of aryl methyl sites for hydroxylation is 2. The molecule has 0 aromatic heterocycles. The molecule has 0 fully saturated rings. The first kappa shape index (κ1) is 22.2. The maximum Gasteiger partial charge on any atom is 0.271 e. The summed E-state index contributed by atoms with van der Waals surface area (Å²) < 4.78 is 5.82. The Hall–Kier alpha value is -4.44. The molecule has 1 amide bonds. The fourth-order valence-corrected chi connectivity index (χ4v) is 2.91. The number of ether oxygens (including phenoxy) is 1. The summed E-state index contributed by atoms with van der Waals surface area (Å²) in [7, 11) is 0. The highest BCUT2D eigenvalue weighted by Gasteiger charge is 2.14. The van der Waals surface area contributed by atoms with Crippen molar-refractivity contribution >= 4 is 23.4 Å². The number of carbonyl (C=O) groups excluding carboxylic acids is 1. The quantitative estimate of drug-likeness (QED) is 0.237. The molecule has 0 unspecified atom stereocenters. The number of nitro benzene ring substituents is 1. The van der Waals surface area contributed by atoms with Crippen molar-refractivity contribution < 1.29 is 14.5 Å². The number of hydrogen-bond donors (Lipinski definition) is 1. The predicted molar refractivity (Wildman–Crippen MR) is 122 cm³/mol. The smallest absolute Gasteiger partial charge is 0.271 e. The minimum atomic E-state index is -0.651. The van der Waals surface area contributed by atoms with Crippen LogP contribution in [-0.2, 0) is 11.4 Å². The van der Waals surface area contributed by atoms with Gasteiger partial charge in [0.25, 0.3) is 11.6 Å². The number of carbonyl (C=O) groups is 1. The van der Waals surface area contributed by atoms with Crippen molar-refractivity contribution in [2.45, 2.75) is 20.5 Å². The Morgan fingerprint density at radius 2 is 1.88 bits per heavy atom. The lowest BCUT2D eigenvalue weighted by Crippen LogP contribution is -2.14. The average Bonchev–Trinajstić information content (AvgIpc) is 2.78. The highest BCUT2D eigenvalue weighted by atomic mass is 16.6. The van der Waals surface area contributed by atoms with Gasteiger partial charge in [0.05, 0.1) is 10.6 Å². The van der Waals surface area contributed by atoms with E-state index in [1.165, 1.54) is 23.8 Å². The first-order valence-electron chi connectivity index (χ1n) is 9.82. The molecule has 3 aromatic rings. The van der Waals surface area contributed by atoms with Gasteiger partial charge in [0.1, 0.15) is 24.0 Å². The van der Waals surface area contributed by atoms with Crippen LogP contribution in [0.4, 0.5) is 11.4 Å². The summed E-state index contributed by atoms with van der Waals surface area (Å²) in [6.45, 7) is 4.12. The molecule has 1 N–H and O–H groups in total. The Balaban J connectivity index is 1.74. The molecule has 7 heteroatoms. The van der Waals surface area contributed by atoms with E-state index in [1.807, 2.05) is 37.3 Å². The molecule has 160 valence electrons. The van der Waals surface area contributed by atoms with Crippen LogP contribution < -0.4 is 10.1 Å². The van der Waals surface area contributed by atoms with Crippen LogP contribution in [0.15, 0.2) is 72.3 Å². The van der Waals surface area contributed by atoms with Gasteiger partial charge >= 0.3 is 0 Å². The van der Waals surface area contributed by atoms with Crippen molar-refractivity contribution in [3.05, 3.63) is 105 Å². The van der Waals surface area contributed by atoms with Gasteiger partial charge in [-0.1, -0.05) is 48.0 Å². The third kappa shape index (κ3) is 5.80. The number of hydrogen-bond acceptors (Lipinski definition) is 5. The van der Waals surface area contributed by atoms with E-state index >= 15 is 0 Å². The zero-order chi connectivity index (χ0) is 23.1. The van der Waals surface area contributed by atoms with Crippen LogP contribution in [-0.4, -0.2) is 10.8 Å². The maximum atomic E-state index is 12.6. The van der Waals surface area contributed by atoms with Gasteiger partial charge in [-0.25, -0.2) is 0 Å². The second-order valence-electron chi connectivity index (χ2n) is 7.23. The highest BCUT2D eigenvalue weighted by Crippen LogP contribution is 2.23. The maximum absolute atomic E-state index is 12.6. The first-order valence-corrected chi connectivity index (χ1v) is 9.82. The minimum absolute atomic E-state index is 0.133. The SMILES string of the molecule is Cc1ccc(COc2cccc(/C=C(\C#N)C(=O)Nc3cc([N+](=O)[O-])ccc3C)c2)cc1. The number of nitro groups is 1. The summed E-state index contributed by atoms with van der Waals surface area (Å²) in [6.07, 6.45) is 1.45. The van der Waals surface area contributed by atoms with Gasteiger partial charge in [-0.15, -0.1) is 0 Å². The molecule has 0 aliphatic heterocycles. The van der Waals surface area contributed by atoms with Crippen LogP contribution in [0.3, 0.4) is 0 Å². The molecule has 7 nitrogen and oxygen atoms in total. The summed E-state index contributed by atoms with van der Waals surface area (Å²) in [6, 6.07) is 21.1. The number of amides is 1. The first-order chi connectivity index (χ1) is 15.4. The van der Waals surface area contributed by atoms with E-state index in [0.717, 1.165) is 5.56 Å². The zero-order valence-corrected chi connectivity index (χ0v) is 17.7. The Kier molecular flexibility index (Phi) is 6.99. The molecule has 0 atom stereocenters. The Morgan fingerprint density at radius 1 is 1.12 bits per heavy atom.